The van der Waals surface area contributed by atoms with E-state index in [0.29, 0.717) is 23.0 Å². The number of nitrogens with one attached hydrogen (secondary N) is 1. The second-order valence-corrected chi connectivity index (χ2v) is 5.33. The number of guanidine groups is 1. The standard InChI is InChI=1S/C19H23N5O4/c1-25-15-7-5-13(9-17(15)27-3)11-21-23-19(20)24-22-12-14-6-8-16(26-2)18(10-14)28-4/h5-12H,1-4H3,(H3,20,23,24). The van der Waals surface area contributed by atoms with E-state index in [9.17, 15) is 0 Å². The maximum Gasteiger partial charge on any atom is 0.234 e. The minimum absolute atomic E-state index is 0.0356. The lowest BCUT2D eigenvalue weighted by atomic mass is 10.2. The van der Waals surface area contributed by atoms with Crippen LogP contribution < -0.4 is 30.1 Å². The molecule has 0 aliphatic rings. The molecule has 28 heavy (non-hydrogen) atoms. The zero-order valence-corrected chi connectivity index (χ0v) is 16.2. The van der Waals surface area contributed by atoms with Gasteiger partial charge in [-0.25, -0.2) is 5.43 Å². The predicted molar refractivity (Wildman–Crippen MR) is 109 cm³/mol. The molecule has 0 aliphatic heterocycles. The minimum atomic E-state index is 0.0356. The lowest BCUT2D eigenvalue weighted by Gasteiger charge is -2.07. The van der Waals surface area contributed by atoms with E-state index in [1.807, 2.05) is 12.1 Å². The summed E-state index contributed by atoms with van der Waals surface area (Å²) in [5.74, 6) is 2.51. The first-order valence-corrected chi connectivity index (χ1v) is 8.21. The monoisotopic (exact) mass is 385 g/mol. The summed E-state index contributed by atoms with van der Waals surface area (Å²) in [6.07, 6.45) is 3.11. The van der Waals surface area contributed by atoms with Gasteiger partial charge in [0.2, 0.25) is 5.96 Å². The Morgan fingerprint density at radius 2 is 1.29 bits per heavy atom. The second-order valence-electron chi connectivity index (χ2n) is 5.33. The van der Waals surface area contributed by atoms with Crippen molar-refractivity contribution in [3.8, 4) is 23.0 Å². The van der Waals surface area contributed by atoms with Crippen LogP contribution in [0.2, 0.25) is 0 Å². The molecule has 0 amide bonds. The van der Waals surface area contributed by atoms with E-state index in [-0.39, 0.29) is 5.96 Å². The summed E-state index contributed by atoms with van der Waals surface area (Å²) >= 11 is 0. The molecule has 0 saturated heterocycles. The van der Waals surface area contributed by atoms with Crippen LogP contribution in [0, 0.1) is 0 Å². The van der Waals surface area contributed by atoms with Crippen LogP contribution in [0.4, 0.5) is 0 Å². The highest BCUT2D eigenvalue weighted by Crippen LogP contribution is 2.27. The Morgan fingerprint density at radius 3 is 1.79 bits per heavy atom. The summed E-state index contributed by atoms with van der Waals surface area (Å²) in [5.41, 5.74) is 9.90. The zero-order valence-electron chi connectivity index (χ0n) is 16.2. The number of methoxy groups -OCH3 is 4. The van der Waals surface area contributed by atoms with Gasteiger partial charge in [-0.15, -0.1) is 5.10 Å². The van der Waals surface area contributed by atoms with Gasteiger partial charge < -0.3 is 24.7 Å². The molecule has 0 heterocycles. The molecule has 0 bridgehead atoms. The fourth-order valence-electron chi connectivity index (χ4n) is 2.22. The SMILES string of the molecule is COc1ccc(C=NN=C(N)NN=Cc2ccc(OC)c(OC)c2)cc1OC. The Hall–Kier alpha value is -3.75. The number of nitrogens with zero attached hydrogens (tertiary/aromatic N) is 3. The maximum absolute atomic E-state index is 5.73. The number of rotatable bonds is 8. The zero-order chi connectivity index (χ0) is 20.4. The molecule has 9 nitrogen and oxygen atoms in total. The first-order chi connectivity index (χ1) is 13.6. The first kappa shape index (κ1) is 20.6. The first-order valence-electron chi connectivity index (χ1n) is 8.21. The highest BCUT2D eigenvalue weighted by molar-refractivity contribution is 5.85. The van der Waals surface area contributed by atoms with Crippen LogP contribution in [0.3, 0.4) is 0 Å². The third kappa shape index (κ3) is 5.63. The van der Waals surface area contributed by atoms with Gasteiger partial charge in [0, 0.05) is 0 Å². The van der Waals surface area contributed by atoms with Crippen molar-refractivity contribution >= 4 is 18.4 Å². The molecule has 2 aromatic carbocycles. The van der Waals surface area contributed by atoms with E-state index >= 15 is 0 Å². The highest BCUT2D eigenvalue weighted by atomic mass is 16.5. The van der Waals surface area contributed by atoms with Gasteiger partial charge in [-0.05, 0) is 47.5 Å². The van der Waals surface area contributed by atoms with E-state index in [0.717, 1.165) is 11.1 Å². The van der Waals surface area contributed by atoms with Gasteiger partial charge in [0.15, 0.2) is 23.0 Å². The molecule has 0 spiro atoms. The molecule has 2 aromatic rings. The summed E-state index contributed by atoms with van der Waals surface area (Å²) in [6, 6.07) is 10.8. The number of nitrogens with two attached hydrogens (primary N) is 1. The highest BCUT2D eigenvalue weighted by Gasteiger charge is 2.03. The van der Waals surface area contributed by atoms with Crippen molar-refractivity contribution in [2.75, 3.05) is 28.4 Å². The van der Waals surface area contributed by atoms with E-state index in [2.05, 4.69) is 20.7 Å². The predicted octanol–water partition coefficient (Wildman–Crippen LogP) is 1.99. The molecule has 0 unspecified atom stereocenters. The Balaban J connectivity index is 1.97. The van der Waals surface area contributed by atoms with Crippen LogP contribution in [0.25, 0.3) is 0 Å². The van der Waals surface area contributed by atoms with Crippen LogP contribution in [0.5, 0.6) is 23.0 Å². The third-order valence-electron chi connectivity index (χ3n) is 3.58. The molecule has 9 heteroatoms. The molecule has 2 rings (SSSR count). The van der Waals surface area contributed by atoms with E-state index in [4.69, 9.17) is 24.7 Å². The van der Waals surface area contributed by atoms with Gasteiger partial charge in [-0.3, -0.25) is 0 Å². The number of ether oxygens (including phenoxy) is 4. The van der Waals surface area contributed by atoms with Gasteiger partial charge in [0.25, 0.3) is 0 Å². The van der Waals surface area contributed by atoms with Crippen molar-refractivity contribution in [1.82, 2.24) is 5.43 Å². The summed E-state index contributed by atoms with van der Waals surface area (Å²) in [4.78, 5) is 0. The van der Waals surface area contributed by atoms with Gasteiger partial charge in [-0.1, -0.05) is 0 Å². The van der Waals surface area contributed by atoms with Crippen LogP contribution in [0.15, 0.2) is 51.7 Å². The molecule has 0 radical (unpaired) electrons. The van der Waals surface area contributed by atoms with Crippen molar-refractivity contribution in [1.29, 1.82) is 0 Å². The molecule has 148 valence electrons. The largest absolute Gasteiger partial charge is 0.493 e. The molecular formula is C19H23N5O4. The smallest absolute Gasteiger partial charge is 0.234 e. The normalized spacial score (nSPS) is 11.6. The quantitative estimate of drug-likeness (QED) is 0.408. The van der Waals surface area contributed by atoms with Gasteiger partial charge in [0.1, 0.15) is 0 Å². The van der Waals surface area contributed by atoms with E-state index < -0.39 is 0 Å². The lowest BCUT2D eigenvalue weighted by Crippen LogP contribution is -2.26. The molecule has 0 aliphatic carbocycles. The van der Waals surface area contributed by atoms with Crippen LogP contribution >= 0.6 is 0 Å². The molecule has 3 N–H and O–H groups in total. The van der Waals surface area contributed by atoms with E-state index in [1.54, 1.807) is 58.9 Å². The topological polar surface area (TPSA) is 112 Å². The number of hydrogen-bond acceptors (Lipinski definition) is 7. The lowest BCUT2D eigenvalue weighted by molar-refractivity contribution is 0.355. The fraction of sp³-hybridized carbons (Fsp3) is 0.211. The van der Waals surface area contributed by atoms with Crippen LogP contribution in [-0.4, -0.2) is 46.8 Å². The minimum Gasteiger partial charge on any atom is -0.493 e. The summed E-state index contributed by atoms with van der Waals surface area (Å²) in [5, 5.41) is 11.8. The summed E-state index contributed by atoms with van der Waals surface area (Å²) in [7, 11) is 6.28. The van der Waals surface area contributed by atoms with Crippen molar-refractivity contribution < 1.29 is 18.9 Å². The van der Waals surface area contributed by atoms with Crippen molar-refractivity contribution in [2.24, 2.45) is 21.0 Å². The number of hydrogen-bond donors (Lipinski definition) is 2. The average Bonchev–Trinajstić information content (AvgIpc) is 2.73. The molecule has 0 aromatic heterocycles. The maximum atomic E-state index is 5.73. The van der Waals surface area contributed by atoms with Crippen LogP contribution in [-0.2, 0) is 0 Å². The third-order valence-corrected chi connectivity index (χ3v) is 3.58. The van der Waals surface area contributed by atoms with Gasteiger partial charge in [0.05, 0.1) is 40.9 Å². The molecular weight excluding hydrogens is 362 g/mol. The Morgan fingerprint density at radius 1 is 0.786 bits per heavy atom. The number of benzene rings is 2. The van der Waals surface area contributed by atoms with Crippen molar-refractivity contribution in [2.45, 2.75) is 0 Å². The van der Waals surface area contributed by atoms with E-state index in [1.165, 1.54) is 6.21 Å². The molecule has 0 fully saturated rings. The van der Waals surface area contributed by atoms with Crippen LogP contribution in [0.1, 0.15) is 11.1 Å². The van der Waals surface area contributed by atoms with Crippen molar-refractivity contribution in [3.63, 3.8) is 0 Å². The Bertz CT molecular complexity index is 881. The van der Waals surface area contributed by atoms with Gasteiger partial charge >= 0.3 is 0 Å². The summed E-state index contributed by atoms with van der Waals surface area (Å²) < 4.78 is 20.8. The Kier molecular flexibility index (Phi) is 7.64. The second kappa shape index (κ2) is 10.4. The number of hydrazone groups is 1. The molecule has 0 saturated carbocycles. The fourth-order valence-corrected chi connectivity index (χ4v) is 2.22. The Labute approximate surface area is 163 Å². The summed E-state index contributed by atoms with van der Waals surface area (Å²) in [6.45, 7) is 0. The van der Waals surface area contributed by atoms with Gasteiger partial charge in [-0.2, -0.15) is 10.2 Å². The molecule has 0 atom stereocenters. The van der Waals surface area contributed by atoms with Crippen molar-refractivity contribution in [3.05, 3.63) is 47.5 Å². The average molecular weight is 385 g/mol.